The number of benzene rings is 1. The average Bonchev–Trinajstić information content (AvgIpc) is 2.72. The van der Waals surface area contributed by atoms with Crippen LogP contribution in [0.1, 0.15) is 5.56 Å². The Bertz CT molecular complexity index is 744. The van der Waals surface area contributed by atoms with Gasteiger partial charge in [-0.3, -0.25) is 0 Å². The van der Waals surface area contributed by atoms with E-state index in [1.165, 1.54) is 0 Å². The van der Waals surface area contributed by atoms with E-state index in [1.54, 1.807) is 6.07 Å². The van der Waals surface area contributed by atoms with E-state index in [2.05, 4.69) is 30.9 Å². The second-order valence-corrected chi connectivity index (χ2v) is 5.86. The second-order valence-electron chi connectivity index (χ2n) is 4.18. The molecule has 19 heavy (non-hydrogen) atoms. The van der Waals surface area contributed by atoms with Crippen LogP contribution in [0.15, 0.2) is 28.7 Å². The van der Waals surface area contributed by atoms with Crippen LogP contribution >= 0.6 is 39.1 Å². The summed E-state index contributed by atoms with van der Waals surface area (Å²) < 4.78 is 1.04. The van der Waals surface area contributed by atoms with Crippen LogP contribution in [-0.2, 0) is 0 Å². The molecule has 0 aliphatic carbocycles. The zero-order valence-electron chi connectivity index (χ0n) is 9.84. The smallest absolute Gasteiger partial charge is 0.179 e. The molecule has 0 atom stereocenters. The van der Waals surface area contributed by atoms with Crippen LogP contribution in [0.2, 0.25) is 10.2 Å². The molecule has 0 aliphatic rings. The minimum atomic E-state index is 0.264. The summed E-state index contributed by atoms with van der Waals surface area (Å²) in [7, 11) is 0. The fourth-order valence-electron chi connectivity index (χ4n) is 1.92. The number of halogens is 3. The minimum absolute atomic E-state index is 0.264. The van der Waals surface area contributed by atoms with Crippen LogP contribution < -0.4 is 0 Å². The lowest BCUT2D eigenvalue weighted by molar-refractivity contribution is 1.28. The number of aryl methyl sites for hydroxylation is 1. The molecule has 2 aromatic heterocycles. The van der Waals surface area contributed by atoms with Crippen molar-refractivity contribution in [1.82, 2.24) is 15.0 Å². The van der Waals surface area contributed by atoms with E-state index in [9.17, 15) is 0 Å². The molecular formula is C13H8BrCl2N3. The van der Waals surface area contributed by atoms with E-state index in [0.29, 0.717) is 10.7 Å². The number of fused-ring (bicyclic) bond motifs is 1. The quantitative estimate of drug-likeness (QED) is 0.623. The molecule has 6 heteroatoms. The maximum absolute atomic E-state index is 5.95. The van der Waals surface area contributed by atoms with Gasteiger partial charge in [0, 0.05) is 10.0 Å². The summed E-state index contributed by atoms with van der Waals surface area (Å²) in [6.45, 7) is 2.03. The highest BCUT2D eigenvalue weighted by Crippen LogP contribution is 2.28. The molecule has 0 aliphatic heterocycles. The third-order valence-electron chi connectivity index (χ3n) is 2.83. The van der Waals surface area contributed by atoms with Gasteiger partial charge in [-0.05, 0) is 36.8 Å². The first-order valence-electron chi connectivity index (χ1n) is 5.53. The highest BCUT2D eigenvalue weighted by atomic mass is 79.9. The summed E-state index contributed by atoms with van der Waals surface area (Å²) in [4.78, 5) is 11.8. The number of rotatable bonds is 1. The maximum atomic E-state index is 5.95. The Morgan fingerprint density at radius 3 is 2.68 bits per heavy atom. The number of aromatic nitrogens is 3. The van der Waals surface area contributed by atoms with Gasteiger partial charge in [0.1, 0.15) is 11.0 Å². The van der Waals surface area contributed by atoms with Gasteiger partial charge in [0.2, 0.25) is 0 Å². The molecule has 1 aromatic carbocycles. The van der Waals surface area contributed by atoms with Gasteiger partial charge in [-0.15, -0.1) is 0 Å². The van der Waals surface area contributed by atoms with Gasteiger partial charge in [-0.1, -0.05) is 39.1 Å². The molecule has 3 rings (SSSR count). The van der Waals surface area contributed by atoms with E-state index in [4.69, 9.17) is 23.2 Å². The first-order chi connectivity index (χ1) is 9.04. The largest absolute Gasteiger partial charge is 0.337 e. The van der Waals surface area contributed by atoms with Crippen LogP contribution in [0.5, 0.6) is 0 Å². The molecule has 0 saturated heterocycles. The number of hydrogen-bond donors (Lipinski definition) is 1. The third kappa shape index (κ3) is 2.36. The van der Waals surface area contributed by atoms with Crippen LogP contribution in [0, 0.1) is 6.92 Å². The lowest BCUT2D eigenvalue weighted by Crippen LogP contribution is -1.85. The lowest BCUT2D eigenvalue weighted by atomic mass is 10.1. The number of aromatic amines is 1. The molecule has 1 N–H and O–H groups in total. The molecule has 0 radical (unpaired) electrons. The predicted molar refractivity (Wildman–Crippen MR) is 81.8 cm³/mol. The summed E-state index contributed by atoms with van der Waals surface area (Å²) in [5.74, 6) is 0.755. The van der Waals surface area contributed by atoms with Crippen molar-refractivity contribution in [2.24, 2.45) is 0 Å². The third-order valence-corrected chi connectivity index (χ3v) is 3.99. The number of nitrogens with one attached hydrogen (secondary N) is 1. The van der Waals surface area contributed by atoms with Gasteiger partial charge in [0.15, 0.2) is 5.65 Å². The minimum Gasteiger partial charge on any atom is -0.337 e. The van der Waals surface area contributed by atoms with Crippen molar-refractivity contribution in [3.63, 3.8) is 0 Å². The fourth-order valence-corrected chi connectivity index (χ4v) is 2.68. The highest BCUT2D eigenvalue weighted by molar-refractivity contribution is 9.10. The van der Waals surface area contributed by atoms with Crippen LogP contribution in [0.3, 0.4) is 0 Å². The zero-order chi connectivity index (χ0) is 13.6. The Balaban J connectivity index is 2.20. The van der Waals surface area contributed by atoms with E-state index in [-0.39, 0.29) is 5.15 Å². The molecular weight excluding hydrogens is 349 g/mol. The van der Waals surface area contributed by atoms with Crippen molar-refractivity contribution in [3.8, 4) is 11.4 Å². The molecule has 3 aromatic rings. The lowest BCUT2D eigenvalue weighted by Gasteiger charge is -2.02. The first kappa shape index (κ1) is 12.9. The molecule has 0 bridgehead atoms. The van der Waals surface area contributed by atoms with E-state index in [1.807, 2.05) is 25.1 Å². The molecule has 0 spiro atoms. The monoisotopic (exact) mass is 355 g/mol. The SMILES string of the molecule is Cc1cc(Br)ccc1-c1nc2nc(Cl)c(Cl)cc2[nH]1. The van der Waals surface area contributed by atoms with Crippen molar-refractivity contribution < 1.29 is 0 Å². The first-order valence-corrected chi connectivity index (χ1v) is 7.08. The maximum Gasteiger partial charge on any atom is 0.179 e. The summed E-state index contributed by atoms with van der Waals surface area (Å²) >= 11 is 15.3. The van der Waals surface area contributed by atoms with Crippen molar-refractivity contribution in [2.75, 3.05) is 0 Å². The fraction of sp³-hybridized carbons (Fsp3) is 0.0769. The summed E-state index contributed by atoms with van der Waals surface area (Å²) in [6, 6.07) is 7.75. The van der Waals surface area contributed by atoms with Crippen LogP contribution in [0.4, 0.5) is 0 Å². The van der Waals surface area contributed by atoms with E-state index in [0.717, 1.165) is 26.9 Å². The van der Waals surface area contributed by atoms with Crippen LogP contribution in [-0.4, -0.2) is 15.0 Å². The molecule has 3 nitrogen and oxygen atoms in total. The van der Waals surface area contributed by atoms with Gasteiger partial charge in [0.05, 0.1) is 10.5 Å². The zero-order valence-corrected chi connectivity index (χ0v) is 12.9. The van der Waals surface area contributed by atoms with Gasteiger partial charge in [-0.2, -0.15) is 0 Å². The summed E-state index contributed by atoms with van der Waals surface area (Å²) in [5.41, 5.74) is 3.47. The predicted octanol–water partition coefficient (Wildman–Crippen LogP) is 5.00. The van der Waals surface area contributed by atoms with Gasteiger partial charge in [0.25, 0.3) is 0 Å². The Labute approximate surface area is 128 Å². The molecule has 2 heterocycles. The summed E-state index contributed by atoms with van der Waals surface area (Å²) in [6.07, 6.45) is 0. The number of nitrogens with zero attached hydrogens (tertiary/aromatic N) is 2. The van der Waals surface area contributed by atoms with Crippen molar-refractivity contribution >= 4 is 50.3 Å². The molecule has 0 amide bonds. The average molecular weight is 357 g/mol. The molecule has 0 unspecified atom stereocenters. The van der Waals surface area contributed by atoms with E-state index < -0.39 is 0 Å². The number of hydrogen-bond acceptors (Lipinski definition) is 2. The van der Waals surface area contributed by atoms with Gasteiger partial charge in [-0.25, -0.2) is 9.97 Å². The highest BCUT2D eigenvalue weighted by Gasteiger charge is 2.11. The van der Waals surface area contributed by atoms with Crippen molar-refractivity contribution in [2.45, 2.75) is 6.92 Å². The van der Waals surface area contributed by atoms with Crippen molar-refractivity contribution in [1.29, 1.82) is 0 Å². The Morgan fingerprint density at radius 2 is 1.95 bits per heavy atom. The Morgan fingerprint density at radius 1 is 1.16 bits per heavy atom. The van der Waals surface area contributed by atoms with E-state index >= 15 is 0 Å². The second kappa shape index (κ2) is 4.78. The molecule has 0 fully saturated rings. The Hall–Kier alpha value is -1.10. The van der Waals surface area contributed by atoms with Gasteiger partial charge < -0.3 is 4.98 Å². The number of H-pyrrole nitrogens is 1. The normalized spacial score (nSPS) is 11.2. The summed E-state index contributed by atoms with van der Waals surface area (Å²) in [5, 5.41) is 0.677. The standard InChI is InChI=1S/C13H8BrCl2N3/c1-6-4-7(14)2-3-8(6)12-17-10-5-9(15)11(16)18-13(10)19-12/h2-5H,1H3,(H,17,18,19). The van der Waals surface area contributed by atoms with Gasteiger partial charge >= 0.3 is 0 Å². The Kier molecular flexibility index (Phi) is 3.25. The molecule has 96 valence electrons. The number of imidazole rings is 1. The van der Waals surface area contributed by atoms with Crippen LogP contribution in [0.25, 0.3) is 22.6 Å². The van der Waals surface area contributed by atoms with Crippen molar-refractivity contribution in [3.05, 3.63) is 44.5 Å². The molecule has 0 saturated carbocycles. The number of pyridine rings is 1. The topological polar surface area (TPSA) is 41.6 Å².